The Morgan fingerprint density at radius 2 is 1.83 bits per heavy atom. The Morgan fingerprint density at radius 1 is 1.10 bits per heavy atom. The van der Waals surface area contributed by atoms with E-state index in [2.05, 4.69) is 28.6 Å². The molecule has 8 nitrogen and oxygen atoms in total. The summed E-state index contributed by atoms with van der Waals surface area (Å²) in [5, 5.41) is 17.3. The van der Waals surface area contributed by atoms with Crippen LogP contribution in [0.25, 0.3) is 0 Å². The first-order valence-corrected chi connectivity index (χ1v) is 9.41. The van der Waals surface area contributed by atoms with E-state index in [1.165, 1.54) is 17.7 Å². The molecule has 0 unspecified atom stereocenters. The van der Waals surface area contributed by atoms with E-state index in [4.69, 9.17) is 9.47 Å². The zero-order valence-corrected chi connectivity index (χ0v) is 17.1. The summed E-state index contributed by atoms with van der Waals surface area (Å²) in [4.78, 5) is 14.9. The number of aliphatic imine (C=N–C) groups is 1. The largest absolute Gasteiger partial charge is 0.496 e. The van der Waals surface area contributed by atoms with Gasteiger partial charge in [-0.25, -0.2) is 4.99 Å². The van der Waals surface area contributed by atoms with Crippen LogP contribution in [0.3, 0.4) is 0 Å². The first-order chi connectivity index (χ1) is 14.0. The summed E-state index contributed by atoms with van der Waals surface area (Å²) in [6.07, 6.45) is 0.785. The monoisotopic (exact) mass is 400 g/mol. The number of hydrogen-bond acceptors (Lipinski definition) is 5. The lowest BCUT2D eigenvalue weighted by molar-refractivity contribution is -0.384. The Morgan fingerprint density at radius 3 is 2.48 bits per heavy atom. The third-order valence-corrected chi connectivity index (χ3v) is 4.29. The number of rotatable bonds is 10. The SMILES string of the molecule is COCCNC(=NCc1ccc([N+](=O)[O-])cc1)NCCc1cc(C)ccc1OC. The Balaban J connectivity index is 1.98. The number of aryl methyl sites for hydroxylation is 1. The predicted molar refractivity (Wildman–Crippen MR) is 114 cm³/mol. The molecular weight excluding hydrogens is 372 g/mol. The predicted octanol–water partition coefficient (Wildman–Crippen LogP) is 2.84. The quantitative estimate of drug-likeness (QED) is 0.209. The fourth-order valence-electron chi connectivity index (χ4n) is 2.76. The van der Waals surface area contributed by atoms with Crippen LogP contribution in [0, 0.1) is 17.0 Å². The fourth-order valence-corrected chi connectivity index (χ4v) is 2.76. The van der Waals surface area contributed by atoms with E-state index in [0.717, 1.165) is 23.3 Å². The molecule has 0 amide bonds. The fraction of sp³-hybridized carbons (Fsp3) is 0.381. The van der Waals surface area contributed by atoms with Gasteiger partial charge in [-0.05, 0) is 30.5 Å². The van der Waals surface area contributed by atoms with Crippen LogP contribution in [0.5, 0.6) is 5.75 Å². The van der Waals surface area contributed by atoms with Gasteiger partial charge < -0.3 is 20.1 Å². The van der Waals surface area contributed by atoms with Gasteiger partial charge in [-0.15, -0.1) is 0 Å². The standard InChI is InChI=1S/C21H28N4O4/c1-16-4-9-20(29-3)18(14-16)10-11-22-21(23-12-13-28-2)24-15-17-5-7-19(8-6-17)25(26)27/h4-9,14H,10-13,15H2,1-3H3,(H2,22,23,24). The number of methoxy groups -OCH3 is 2. The van der Waals surface area contributed by atoms with E-state index < -0.39 is 4.92 Å². The second-order valence-corrected chi connectivity index (χ2v) is 6.50. The maximum atomic E-state index is 10.8. The number of hydrogen-bond donors (Lipinski definition) is 2. The van der Waals surface area contributed by atoms with Gasteiger partial charge in [0.25, 0.3) is 5.69 Å². The molecule has 2 aromatic carbocycles. The molecule has 0 atom stereocenters. The van der Waals surface area contributed by atoms with Crippen LogP contribution in [0.4, 0.5) is 5.69 Å². The Hall–Kier alpha value is -3.13. The van der Waals surface area contributed by atoms with Crippen LogP contribution < -0.4 is 15.4 Å². The maximum Gasteiger partial charge on any atom is 0.269 e. The van der Waals surface area contributed by atoms with Crippen molar-refractivity contribution in [3.8, 4) is 5.75 Å². The first-order valence-electron chi connectivity index (χ1n) is 9.41. The average molecular weight is 400 g/mol. The van der Waals surface area contributed by atoms with Crippen molar-refractivity contribution in [2.75, 3.05) is 33.9 Å². The molecule has 2 aromatic rings. The normalized spacial score (nSPS) is 11.2. The van der Waals surface area contributed by atoms with Crippen molar-refractivity contribution in [1.82, 2.24) is 10.6 Å². The minimum absolute atomic E-state index is 0.0707. The second-order valence-electron chi connectivity index (χ2n) is 6.50. The summed E-state index contributed by atoms with van der Waals surface area (Å²) >= 11 is 0. The van der Waals surface area contributed by atoms with Crippen molar-refractivity contribution >= 4 is 11.6 Å². The van der Waals surface area contributed by atoms with Gasteiger partial charge in [-0.2, -0.15) is 0 Å². The lowest BCUT2D eigenvalue weighted by atomic mass is 10.1. The number of non-ortho nitro benzene ring substituents is 1. The average Bonchev–Trinajstić information content (AvgIpc) is 2.72. The molecule has 156 valence electrons. The van der Waals surface area contributed by atoms with Crippen LogP contribution in [-0.4, -0.2) is 44.8 Å². The first kappa shape index (κ1) is 22.2. The van der Waals surface area contributed by atoms with E-state index in [-0.39, 0.29) is 5.69 Å². The molecule has 0 heterocycles. The second kappa shape index (κ2) is 11.7. The van der Waals surface area contributed by atoms with Crippen LogP contribution in [-0.2, 0) is 17.7 Å². The van der Waals surface area contributed by atoms with Gasteiger partial charge in [0.15, 0.2) is 5.96 Å². The van der Waals surface area contributed by atoms with Crippen LogP contribution >= 0.6 is 0 Å². The molecule has 2 rings (SSSR count). The van der Waals surface area contributed by atoms with Gasteiger partial charge >= 0.3 is 0 Å². The van der Waals surface area contributed by atoms with Crippen molar-refractivity contribution in [3.63, 3.8) is 0 Å². The van der Waals surface area contributed by atoms with Crippen molar-refractivity contribution < 1.29 is 14.4 Å². The molecule has 29 heavy (non-hydrogen) atoms. The van der Waals surface area contributed by atoms with Gasteiger partial charge in [0, 0.05) is 32.3 Å². The van der Waals surface area contributed by atoms with Crippen LogP contribution in [0.15, 0.2) is 47.5 Å². The third-order valence-electron chi connectivity index (χ3n) is 4.29. The van der Waals surface area contributed by atoms with Crippen LogP contribution in [0.2, 0.25) is 0 Å². The van der Waals surface area contributed by atoms with Crippen molar-refractivity contribution in [3.05, 3.63) is 69.3 Å². The minimum Gasteiger partial charge on any atom is -0.496 e. The van der Waals surface area contributed by atoms with Crippen LogP contribution in [0.1, 0.15) is 16.7 Å². The number of nitrogens with one attached hydrogen (secondary N) is 2. The van der Waals surface area contributed by atoms with Gasteiger partial charge in [-0.3, -0.25) is 10.1 Å². The van der Waals surface area contributed by atoms with Gasteiger partial charge in [0.05, 0.1) is 25.2 Å². The lowest BCUT2D eigenvalue weighted by Gasteiger charge is -2.14. The summed E-state index contributed by atoms with van der Waals surface area (Å²) in [7, 11) is 3.32. The van der Waals surface area contributed by atoms with Gasteiger partial charge in [0.2, 0.25) is 0 Å². The topological polar surface area (TPSA) is 98.0 Å². The molecule has 8 heteroatoms. The Bertz CT molecular complexity index is 822. The molecule has 0 spiro atoms. The van der Waals surface area contributed by atoms with Crippen molar-refractivity contribution in [2.24, 2.45) is 4.99 Å². The highest BCUT2D eigenvalue weighted by Gasteiger charge is 2.06. The molecule has 0 saturated carbocycles. The highest BCUT2D eigenvalue weighted by molar-refractivity contribution is 5.79. The maximum absolute atomic E-state index is 10.8. The number of nitro benzene ring substituents is 1. The highest BCUT2D eigenvalue weighted by Crippen LogP contribution is 2.19. The molecule has 0 aromatic heterocycles. The Kier molecular flexibility index (Phi) is 8.91. The molecule has 0 saturated heterocycles. The summed E-state index contributed by atoms with van der Waals surface area (Å²) in [5.74, 6) is 1.53. The highest BCUT2D eigenvalue weighted by atomic mass is 16.6. The number of guanidine groups is 1. The summed E-state index contributed by atoms with van der Waals surface area (Å²) < 4.78 is 10.5. The minimum atomic E-state index is -0.411. The zero-order valence-electron chi connectivity index (χ0n) is 17.1. The van der Waals surface area contributed by atoms with Crippen molar-refractivity contribution in [1.29, 1.82) is 0 Å². The molecule has 0 radical (unpaired) electrons. The molecule has 0 aliphatic heterocycles. The van der Waals surface area contributed by atoms with E-state index in [1.807, 2.05) is 12.1 Å². The third kappa shape index (κ3) is 7.42. The van der Waals surface area contributed by atoms with E-state index in [1.54, 1.807) is 26.4 Å². The molecular formula is C21H28N4O4. The van der Waals surface area contributed by atoms with E-state index >= 15 is 0 Å². The van der Waals surface area contributed by atoms with E-state index in [0.29, 0.717) is 32.2 Å². The summed E-state index contributed by atoms with van der Waals surface area (Å²) in [6.45, 7) is 4.33. The molecule has 0 fully saturated rings. The van der Waals surface area contributed by atoms with Gasteiger partial charge in [0.1, 0.15) is 5.75 Å². The van der Waals surface area contributed by atoms with Gasteiger partial charge in [-0.1, -0.05) is 29.8 Å². The number of ether oxygens (including phenoxy) is 2. The number of nitro groups is 1. The molecule has 0 aliphatic rings. The van der Waals surface area contributed by atoms with E-state index in [9.17, 15) is 10.1 Å². The number of benzene rings is 2. The Labute approximate surface area is 171 Å². The lowest BCUT2D eigenvalue weighted by Crippen LogP contribution is -2.40. The zero-order chi connectivity index (χ0) is 21.1. The van der Waals surface area contributed by atoms with Crippen molar-refractivity contribution in [2.45, 2.75) is 19.9 Å². The molecule has 0 bridgehead atoms. The summed E-state index contributed by atoms with van der Waals surface area (Å²) in [6, 6.07) is 12.5. The molecule has 2 N–H and O–H groups in total. The summed E-state index contributed by atoms with van der Waals surface area (Å²) in [5.41, 5.74) is 3.28. The molecule has 0 aliphatic carbocycles. The smallest absolute Gasteiger partial charge is 0.269 e. The number of nitrogens with zero attached hydrogens (tertiary/aromatic N) is 2.